The second-order valence-electron chi connectivity index (χ2n) is 5.05. The summed E-state index contributed by atoms with van der Waals surface area (Å²) < 4.78 is 4.82. The lowest BCUT2D eigenvalue weighted by Gasteiger charge is -2.14. The SMILES string of the molecule is COC(=O)c1ccccc1-c1c(C(=O)O)ccc2ccccc12. The maximum Gasteiger partial charge on any atom is 0.338 e. The summed E-state index contributed by atoms with van der Waals surface area (Å²) in [5, 5.41) is 11.2. The number of carbonyl (C=O) groups excluding carboxylic acids is 1. The zero-order valence-corrected chi connectivity index (χ0v) is 12.4. The van der Waals surface area contributed by atoms with E-state index in [0.717, 1.165) is 10.8 Å². The van der Waals surface area contributed by atoms with Crippen molar-refractivity contribution in [2.24, 2.45) is 0 Å². The third-order valence-corrected chi connectivity index (χ3v) is 3.76. The molecule has 3 aromatic carbocycles. The van der Waals surface area contributed by atoms with Crippen molar-refractivity contribution in [2.75, 3.05) is 7.11 Å². The van der Waals surface area contributed by atoms with E-state index in [1.807, 2.05) is 24.3 Å². The molecule has 23 heavy (non-hydrogen) atoms. The van der Waals surface area contributed by atoms with E-state index in [-0.39, 0.29) is 5.56 Å². The molecule has 0 bridgehead atoms. The van der Waals surface area contributed by atoms with Crippen LogP contribution in [0.25, 0.3) is 21.9 Å². The maximum absolute atomic E-state index is 12.1. The van der Waals surface area contributed by atoms with Gasteiger partial charge in [0.1, 0.15) is 0 Å². The minimum Gasteiger partial charge on any atom is -0.478 e. The number of fused-ring (bicyclic) bond motifs is 1. The van der Waals surface area contributed by atoms with E-state index in [9.17, 15) is 14.7 Å². The average Bonchev–Trinajstić information content (AvgIpc) is 2.60. The highest BCUT2D eigenvalue weighted by atomic mass is 16.5. The highest BCUT2D eigenvalue weighted by Crippen LogP contribution is 2.34. The molecule has 0 atom stereocenters. The Hall–Kier alpha value is -3.14. The van der Waals surface area contributed by atoms with Crippen LogP contribution >= 0.6 is 0 Å². The third-order valence-electron chi connectivity index (χ3n) is 3.76. The minimum atomic E-state index is -1.04. The molecule has 3 aromatic rings. The van der Waals surface area contributed by atoms with Crippen molar-refractivity contribution in [1.82, 2.24) is 0 Å². The monoisotopic (exact) mass is 306 g/mol. The van der Waals surface area contributed by atoms with E-state index < -0.39 is 11.9 Å². The fraction of sp³-hybridized carbons (Fsp3) is 0.0526. The first kappa shape index (κ1) is 14.8. The molecule has 4 nitrogen and oxygen atoms in total. The summed E-state index contributed by atoms with van der Waals surface area (Å²) in [4.78, 5) is 23.7. The fourth-order valence-electron chi connectivity index (χ4n) is 2.73. The standard InChI is InChI=1S/C19H14O4/c1-23-19(22)15-9-5-4-8-14(15)17-13-7-3-2-6-12(13)10-11-16(17)18(20)21/h2-11H,1H3,(H,20,21). The summed E-state index contributed by atoms with van der Waals surface area (Å²) in [6.07, 6.45) is 0. The molecule has 3 rings (SSSR count). The quantitative estimate of drug-likeness (QED) is 0.743. The summed E-state index contributed by atoms with van der Waals surface area (Å²) in [6, 6.07) is 17.7. The molecule has 0 aromatic heterocycles. The Morgan fingerprint density at radius 1 is 0.870 bits per heavy atom. The van der Waals surface area contributed by atoms with Crippen LogP contribution in [0.15, 0.2) is 60.7 Å². The number of hydrogen-bond donors (Lipinski definition) is 1. The Labute approximate surface area is 132 Å². The van der Waals surface area contributed by atoms with Crippen molar-refractivity contribution in [1.29, 1.82) is 0 Å². The molecular weight excluding hydrogens is 292 g/mol. The second-order valence-corrected chi connectivity index (χ2v) is 5.05. The highest BCUT2D eigenvalue weighted by Gasteiger charge is 2.20. The van der Waals surface area contributed by atoms with Crippen molar-refractivity contribution in [3.05, 3.63) is 71.8 Å². The van der Waals surface area contributed by atoms with Gasteiger partial charge in [0.05, 0.1) is 18.2 Å². The van der Waals surface area contributed by atoms with Gasteiger partial charge in [-0.15, -0.1) is 0 Å². The zero-order chi connectivity index (χ0) is 16.4. The predicted molar refractivity (Wildman–Crippen MR) is 87.7 cm³/mol. The van der Waals surface area contributed by atoms with Gasteiger partial charge in [0.15, 0.2) is 0 Å². The predicted octanol–water partition coefficient (Wildman–Crippen LogP) is 3.99. The lowest BCUT2D eigenvalue weighted by atomic mass is 9.90. The van der Waals surface area contributed by atoms with Crippen LogP contribution in [0.1, 0.15) is 20.7 Å². The van der Waals surface area contributed by atoms with Gasteiger partial charge in [-0.3, -0.25) is 0 Å². The number of methoxy groups -OCH3 is 1. The van der Waals surface area contributed by atoms with E-state index in [4.69, 9.17) is 4.74 Å². The fourth-order valence-corrected chi connectivity index (χ4v) is 2.73. The molecule has 1 N–H and O–H groups in total. The van der Waals surface area contributed by atoms with Crippen LogP contribution in [-0.4, -0.2) is 24.2 Å². The lowest BCUT2D eigenvalue weighted by Crippen LogP contribution is -2.06. The van der Waals surface area contributed by atoms with Gasteiger partial charge in [-0.25, -0.2) is 9.59 Å². The first-order chi connectivity index (χ1) is 11.1. The van der Waals surface area contributed by atoms with Gasteiger partial charge in [-0.2, -0.15) is 0 Å². The van der Waals surface area contributed by atoms with Crippen molar-refractivity contribution in [2.45, 2.75) is 0 Å². The third kappa shape index (κ3) is 2.55. The van der Waals surface area contributed by atoms with Crippen LogP contribution in [0.4, 0.5) is 0 Å². The van der Waals surface area contributed by atoms with Crippen LogP contribution in [0, 0.1) is 0 Å². The molecule has 0 saturated carbocycles. The Morgan fingerprint density at radius 3 is 2.30 bits per heavy atom. The number of esters is 1. The number of aromatic carboxylic acids is 1. The van der Waals surface area contributed by atoms with Gasteiger partial charge in [0.25, 0.3) is 0 Å². The molecule has 0 spiro atoms. The Kier molecular flexibility index (Phi) is 3.81. The number of hydrogen-bond acceptors (Lipinski definition) is 3. The smallest absolute Gasteiger partial charge is 0.338 e. The van der Waals surface area contributed by atoms with E-state index in [2.05, 4.69) is 0 Å². The molecule has 0 unspecified atom stereocenters. The van der Waals surface area contributed by atoms with Gasteiger partial charge in [0, 0.05) is 5.56 Å². The average molecular weight is 306 g/mol. The van der Waals surface area contributed by atoms with Crippen LogP contribution < -0.4 is 0 Å². The summed E-state index contributed by atoms with van der Waals surface area (Å²) in [5.41, 5.74) is 1.57. The van der Waals surface area contributed by atoms with Crippen molar-refractivity contribution < 1.29 is 19.4 Å². The number of carboxylic acid groups (broad SMARTS) is 1. The molecule has 0 saturated heterocycles. The molecule has 0 heterocycles. The Morgan fingerprint density at radius 2 is 1.57 bits per heavy atom. The zero-order valence-electron chi connectivity index (χ0n) is 12.4. The van der Waals surface area contributed by atoms with Crippen molar-refractivity contribution in [3.63, 3.8) is 0 Å². The van der Waals surface area contributed by atoms with Crippen molar-refractivity contribution >= 4 is 22.7 Å². The molecule has 4 heteroatoms. The van der Waals surface area contributed by atoms with Gasteiger partial charge >= 0.3 is 11.9 Å². The second kappa shape index (κ2) is 5.93. The molecule has 0 aliphatic rings. The summed E-state index contributed by atoms with van der Waals surface area (Å²) >= 11 is 0. The normalized spacial score (nSPS) is 10.5. The molecule has 0 amide bonds. The molecule has 0 aliphatic heterocycles. The molecule has 114 valence electrons. The van der Waals surface area contributed by atoms with Crippen LogP contribution in [0.3, 0.4) is 0 Å². The first-order valence-electron chi connectivity index (χ1n) is 7.06. The number of benzene rings is 3. The first-order valence-corrected chi connectivity index (χ1v) is 7.06. The largest absolute Gasteiger partial charge is 0.478 e. The van der Waals surface area contributed by atoms with Gasteiger partial charge in [-0.05, 0) is 28.5 Å². The summed E-state index contributed by atoms with van der Waals surface area (Å²) in [5.74, 6) is -1.53. The summed E-state index contributed by atoms with van der Waals surface area (Å²) in [7, 11) is 1.31. The minimum absolute atomic E-state index is 0.153. The van der Waals surface area contributed by atoms with E-state index in [1.54, 1.807) is 36.4 Å². The lowest BCUT2D eigenvalue weighted by molar-refractivity contribution is 0.0600. The van der Waals surface area contributed by atoms with E-state index >= 15 is 0 Å². The van der Waals surface area contributed by atoms with Crippen LogP contribution in [0.2, 0.25) is 0 Å². The molecule has 0 aliphatic carbocycles. The van der Waals surface area contributed by atoms with E-state index in [1.165, 1.54) is 7.11 Å². The van der Waals surface area contributed by atoms with Gasteiger partial charge < -0.3 is 9.84 Å². The summed E-state index contributed by atoms with van der Waals surface area (Å²) in [6.45, 7) is 0. The highest BCUT2D eigenvalue weighted by molar-refractivity contribution is 6.11. The Bertz CT molecular complexity index is 912. The molecule has 0 radical (unpaired) electrons. The van der Waals surface area contributed by atoms with Crippen LogP contribution in [0.5, 0.6) is 0 Å². The van der Waals surface area contributed by atoms with Crippen LogP contribution in [-0.2, 0) is 4.74 Å². The van der Waals surface area contributed by atoms with Gasteiger partial charge in [-0.1, -0.05) is 48.5 Å². The Balaban J connectivity index is 2.42. The van der Waals surface area contributed by atoms with Crippen molar-refractivity contribution in [3.8, 4) is 11.1 Å². The van der Waals surface area contributed by atoms with E-state index in [0.29, 0.717) is 16.7 Å². The van der Waals surface area contributed by atoms with Gasteiger partial charge in [0.2, 0.25) is 0 Å². The maximum atomic E-state index is 12.1. The molecular formula is C19H14O4. The number of carboxylic acids is 1. The number of ether oxygens (including phenoxy) is 1. The number of carbonyl (C=O) groups is 2. The topological polar surface area (TPSA) is 63.6 Å². The molecule has 0 fully saturated rings. The number of rotatable bonds is 3.